The molecule has 3 N–H and O–H groups in total. The highest BCUT2D eigenvalue weighted by molar-refractivity contribution is 5.77. The van der Waals surface area contributed by atoms with Gasteiger partial charge in [0.15, 0.2) is 18.1 Å². The first kappa shape index (κ1) is 26.0. The fourth-order valence-electron chi connectivity index (χ4n) is 3.75. The molecule has 0 saturated carbocycles. The molecule has 1 aromatic rings. The Morgan fingerprint density at radius 2 is 1.33 bits per heavy atom. The highest BCUT2D eigenvalue weighted by atomic mass is 16.5. The number of nitrogens with one attached hydrogen (secondary N) is 1. The minimum absolute atomic E-state index is 0.160. The Balaban J connectivity index is 2.62. The first-order chi connectivity index (χ1) is 14.6. The van der Waals surface area contributed by atoms with Crippen LogP contribution in [0.2, 0.25) is 0 Å². The number of hydrogen-bond donors (Lipinski definition) is 3. The second-order valence-electron chi connectivity index (χ2n) is 8.20. The van der Waals surface area contributed by atoms with Crippen molar-refractivity contribution in [1.82, 2.24) is 5.32 Å². The summed E-state index contributed by atoms with van der Waals surface area (Å²) in [5.41, 5.74) is 0.201. The molecule has 0 saturated heterocycles. The largest absolute Gasteiger partial charge is 0.480 e. The minimum atomic E-state index is -0.795. The van der Waals surface area contributed by atoms with Gasteiger partial charge >= 0.3 is 5.95 Å². The predicted octanol–water partition coefficient (Wildman–Crippen LogP) is 6.42. The van der Waals surface area contributed by atoms with Crippen molar-refractivity contribution in [3.63, 3.8) is 0 Å². The lowest BCUT2D eigenvalue weighted by molar-refractivity contribution is -0.716. The zero-order chi connectivity index (χ0) is 22.0. The van der Waals surface area contributed by atoms with Crippen LogP contribution in [0.3, 0.4) is 0 Å². The molecule has 1 heterocycles. The first-order valence-electron chi connectivity index (χ1n) is 12.0. The normalized spacial score (nSPS) is 11.8. The van der Waals surface area contributed by atoms with E-state index in [1.54, 1.807) is 0 Å². The smallest absolute Gasteiger partial charge is 0.301 e. The van der Waals surface area contributed by atoms with Crippen molar-refractivity contribution in [2.75, 3.05) is 0 Å². The van der Waals surface area contributed by atoms with Crippen LogP contribution in [-0.4, -0.2) is 16.1 Å². The average Bonchev–Trinajstić information content (AvgIpc) is 2.74. The number of amides is 1. The number of rotatable bonds is 17. The Labute approximate surface area is 183 Å². The third-order valence-corrected chi connectivity index (χ3v) is 5.54. The van der Waals surface area contributed by atoms with Crippen molar-refractivity contribution in [3.05, 3.63) is 42.2 Å². The molecule has 5 heteroatoms. The topological polar surface area (TPSA) is 73.4 Å². The van der Waals surface area contributed by atoms with Crippen LogP contribution in [0.1, 0.15) is 110 Å². The van der Waals surface area contributed by atoms with Gasteiger partial charge in [0.2, 0.25) is 11.9 Å². The van der Waals surface area contributed by atoms with E-state index in [1.165, 1.54) is 44.9 Å². The molecule has 1 amide bonds. The summed E-state index contributed by atoms with van der Waals surface area (Å²) in [4.78, 5) is 12.3. The van der Waals surface area contributed by atoms with Crippen molar-refractivity contribution in [2.24, 2.45) is 0 Å². The van der Waals surface area contributed by atoms with Gasteiger partial charge in [-0.3, -0.25) is 4.79 Å². The molecule has 0 aliphatic heterocycles. The van der Waals surface area contributed by atoms with Crippen LogP contribution in [0.5, 0.6) is 0 Å². The Morgan fingerprint density at radius 1 is 0.800 bits per heavy atom. The molecule has 0 radical (unpaired) electrons. The molecule has 0 aromatic carbocycles. The Kier molecular flexibility index (Phi) is 14.5. The van der Waals surface area contributed by atoms with Gasteiger partial charge in [0.05, 0.1) is 0 Å². The van der Waals surface area contributed by atoms with Gasteiger partial charge in [-0.2, -0.15) is 4.57 Å². The quantitative estimate of drug-likeness (QED) is 0.155. The van der Waals surface area contributed by atoms with Crippen LogP contribution in [0, 0.1) is 0 Å². The minimum Gasteiger partial charge on any atom is -0.480 e. The van der Waals surface area contributed by atoms with Crippen molar-refractivity contribution in [3.8, 4) is 0 Å². The van der Waals surface area contributed by atoms with E-state index >= 15 is 0 Å². The van der Waals surface area contributed by atoms with Crippen LogP contribution in [-0.2, 0) is 4.79 Å². The average molecular weight is 420 g/mol. The molecule has 1 rings (SSSR count). The molecular weight excluding hydrogens is 376 g/mol. The first-order valence-corrected chi connectivity index (χ1v) is 12.0. The predicted molar refractivity (Wildman–Crippen MR) is 122 cm³/mol. The molecule has 0 spiro atoms. The Hall–Kier alpha value is -2.04. The molecule has 0 bridgehead atoms. The summed E-state index contributed by atoms with van der Waals surface area (Å²) >= 11 is 0. The van der Waals surface area contributed by atoms with Gasteiger partial charge in [-0.1, -0.05) is 84.1 Å². The van der Waals surface area contributed by atoms with Gasteiger partial charge in [0.25, 0.3) is 0 Å². The molecule has 0 fully saturated rings. The molecular formula is C25H43N2O3+. The molecule has 170 valence electrons. The summed E-state index contributed by atoms with van der Waals surface area (Å²) in [7, 11) is 0. The summed E-state index contributed by atoms with van der Waals surface area (Å²) in [5, 5.41) is 22.6. The number of nitrogens with zero attached hydrogens (tertiary/aromatic N) is 1. The summed E-state index contributed by atoms with van der Waals surface area (Å²) in [6, 6.07) is 5.46. The molecule has 1 aromatic heterocycles. The highest BCUT2D eigenvalue weighted by Crippen LogP contribution is 2.20. The van der Waals surface area contributed by atoms with E-state index < -0.39 is 5.95 Å². The number of hydrogen-bond acceptors (Lipinski definition) is 3. The van der Waals surface area contributed by atoms with Gasteiger partial charge in [0, 0.05) is 25.0 Å². The van der Waals surface area contributed by atoms with E-state index in [1.807, 2.05) is 35.2 Å². The van der Waals surface area contributed by atoms with E-state index in [0.29, 0.717) is 6.42 Å². The molecule has 0 aliphatic carbocycles. The van der Waals surface area contributed by atoms with Crippen molar-refractivity contribution >= 4 is 5.91 Å². The van der Waals surface area contributed by atoms with Gasteiger partial charge in [-0.15, -0.1) is 0 Å². The molecule has 30 heavy (non-hydrogen) atoms. The maximum absolute atomic E-state index is 12.3. The van der Waals surface area contributed by atoms with E-state index in [9.17, 15) is 15.0 Å². The molecule has 5 nitrogen and oxygen atoms in total. The van der Waals surface area contributed by atoms with Gasteiger partial charge in [0.1, 0.15) is 0 Å². The number of pyridine rings is 1. The van der Waals surface area contributed by atoms with Crippen molar-refractivity contribution in [1.29, 1.82) is 0 Å². The second kappa shape index (κ2) is 16.7. The number of unbranched alkanes of at least 4 members (excludes halogenated alkanes) is 10. The van der Waals surface area contributed by atoms with Crippen molar-refractivity contribution in [2.45, 2.75) is 110 Å². The van der Waals surface area contributed by atoms with Gasteiger partial charge in [-0.05, 0) is 12.8 Å². The molecule has 1 unspecified atom stereocenters. The van der Waals surface area contributed by atoms with Crippen LogP contribution in [0.4, 0.5) is 0 Å². The van der Waals surface area contributed by atoms with E-state index in [0.717, 1.165) is 38.5 Å². The Bertz CT molecular complexity index is 598. The standard InChI is InChI=1S/C25H42N2O3/c1-3-5-7-8-9-10-11-12-15-18-22(27-20-16-13-17-21-27)24(25(29)30)26-23(28)19-14-6-4-2/h13,16-17,20-22H,3-12,14-15,18-19H2,1-2H3,(H2-,26,28,29,30)/p+1. The number of carbonyl (C=O) groups is 1. The molecule has 1 atom stereocenters. The second-order valence-corrected chi connectivity index (χ2v) is 8.20. The fraction of sp³-hybridized carbons (Fsp3) is 0.680. The monoisotopic (exact) mass is 419 g/mol. The van der Waals surface area contributed by atoms with E-state index in [2.05, 4.69) is 19.2 Å². The van der Waals surface area contributed by atoms with Crippen LogP contribution >= 0.6 is 0 Å². The number of allylic oxidation sites excluding steroid dienone is 1. The SMILES string of the molecule is CCCCCCCCCCCC(C(NC(=O)CCCCC)=C(O)O)[n+]1ccccc1. The third kappa shape index (κ3) is 11.2. The maximum atomic E-state index is 12.3. The Morgan fingerprint density at radius 3 is 1.90 bits per heavy atom. The number of aromatic nitrogens is 1. The summed E-state index contributed by atoms with van der Waals surface area (Å²) in [6.45, 7) is 4.33. The lowest BCUT2D eigenvalue weighted by Gasteiger charge is -2.17. The summed E-state index contributed by atoms with van der Waals surface area (Å²) < 4.78 is 1.94. The number of carbonyl (C=O) groups excluding carboxylic acids is 1. The number of aliphatic hydroxyl groups is 2. The highest BCUT2D eigenvalue weighted by Gasteiger charge is 2.28. The van der Waals surface area contributed by atoms with E-state index in [-0.39, 0.29) is 17.6 Å². The van der Waals surface area contributed by atoms with Gasteiger partial charge < -0.3 is 15.5 Å². The van der Waals surface area contributed by atoms with E-state index in [4.69, 9.17) is 0 Å². The maximum Gasteiger partial charge on any atom is 0.301 e. The lowest BCUT2D eigenvalue weighted by atomic mass is 10.0. The van der Waals surface area contributed by atoms with Crippen LogP contribution in [0.25, 0.3) is 0 Å². The number of aliphatic hydroxyl groups excluding tert-OH is 1. The zero-order valence-electron chi connectivity index (χ0n) is 19.1. The third-order valence-electron chi connectivity index (χ3n) is 5.54. The molecule has 0 aliphatic rings. The fourth-order valence-corrected chi connectivity index (χ4v) is 3.75. The lowest BCUT2D eigenvalue weighted by Crippen LogP contribution is -2.44. The van der Waals surface area contributed by atoms with Crippen LogP contribution in [0.15, 0.2) is 42.2 Å². The van der Waals surface area contributed by atoms with Gasteiger partial charge in [-0.25, -0.2) is 0 Å². The van der Waals surface area contributed by atoms with Crippen molar-refractivity contribution < 1.29 is 19.6 Å². The summed E-state index contributed by atoms with van der Waals surface area (Å²) in [6.07, 6.45) is 18.9. The summed E-state index contributed by atoms with van der Waals surface area (Å²) in [5.74, 6) is -0.955. The van der Waals surface area contributed by atoms with Crippen LogP contribution < -0.4 is 9.88 Å². The zero-order valence-corrected chi connectivity index (χ0v) is 19.1.